The Bertz CT molecular complexity index is 511. The number of hydrogen-bond donors (Lipinski definition) is 5. The van der Waals surface area contributed by atoms with Crippen LogP contribution in [0.25, 0.3) is 0 Å². The number of imidazole rings is 1. The lowest BCUT2D eigenvalue weighted by Crippen LogP contribution is -2.02. The number of nitrogens with two attached hydrogens (primary N) is 1. The van der Waals surface area contributed by atoms with E-state index in [1.165, 1.54) is 11.1 Å². The number of phosphoric acid groups is 1. The highest BCUT2D eigenvalue weighted by molar-refractivity contribution is 7.45. The van der Waals surface area contributed by atoms with Gasteiger partial charge in [-0.05, 0) is 31.5 Å². The van der Waals surface area contributed by atoms with Crippen LogP contribution in [0.5, 0.6) is 0 Å². The minimum Gasteiger partial charge on any atom is -0.348 e. The van der Waals surface area contributed by atoms with E-state index in [1.54, 1.807) is 12.5 Å². The first kappa shape index (κ1) is 19.5. The summed E-state index contributed by atoms with van der Waals surface area (Å²) in [5.74, 6) is 0. The Morgan fingerprint density at radius 3 is 1.95 bits per heavy atom. The van der Waals surface area contributed by atoms with Crippen molar-refractivity contribution in [2.45, 2.75) is 20.3 Å². The fourth-order valence-electron chi connectivity index (χ4n) is 1.24. The van der Waals surface area contributed by atoms with Crippen LogP contribution in [0.1, 0.15) is 16.8 Å². The van der Waals surface area contributed by atoms with Crippen LogP contribution in [-0.2, 0) is 11.0 Å². The van der Waals surface area contributed by atoms with Crippen molar-refractivity contribution in [1.29, 1.82) is 0 Å². The van der Waals surface area contributed by atoms with Crippen LogP contribution in [0.2, 0.25) is 0 Å². The van der Waals surface area contributed by atoms with Crippen LogP contribution in [0.4, 0.5) is 0 Å². The summed E-state index contributed by atoms with van der Waals surface area (Å²) >= 11 is 0. The third kappa shape index (κ3) is 13.2. The molecular formula is C13H22N3O4P. The molecule has 0 saturated heterocycles. The van der Waals surface area contributed by atoms with Gasteiger partial charge in [-0.15, -0.1) is 0 Å². The van der Waals surface area contributed by atoms with Crippen molar-refractivity contribution in [3.05, 3.63) is 53.6 Å². The summed E-state index contributed by atoms with van der Waals surface area (Å²) in [5.41, 5.74) is 9.11. The lowest BCUT2D eigenvalue weighted by Gasteiger charge is -1.93. The zero-order chi connectivity index (χ0) is 16.3. The Kier molecular flexibility index (Phi) is 9.53. The Morgan fingerprint density at radius 1 is 1.19 bits per heavy atom. The first-order valence-electron chi connectivity index (χ1n) is 6.22. The molecule has 0 saturated carbocycles. The average Bonchev–Trinajstić information content (AvgIpc) is 2.85. The third-order valence-corrected chi connectivity index (χ3v) is 2.39. The predicted molar refractivity (Wildman–Crippen MR) is 81.5 cm³/mol. The van der Waals surface area contributed by atoms with E-state index in [0.29, 0.717) is 6.54 Å². The molecule has 1 aromatic heterocycles. The van der Waals surface area contributed by atoms with Crippen LogP contribution in [0, 0.1) is 13.8 Å². The quantitative estimate of drug-likeness (QED) is 0.530. The number of nitrogens with zero attached hydrogens (tertiary/aromatic N) is 1. The zero-order valence-electron chi connectivity index (χ0n) is 12.1. The monoisotopic (exact) mass is 315 g/mol. The Labute approximate surface area is 124 Å². The molecule has 6 N–H and O–H groups in total. The highest BCUT2D eigenvalue weighted by Gasteiger charge is 2.00. The molecule has 0 amide bonds. The number of nitrogens with one attached hydrogen (secondary N) is 1. The summed E-state index contributed by atoms with van der Waals surface area (Å²) in [6, 6.07) is 8.36. The van der Waals surface area contributed by atoms with Crippen LogP contribution < -0.4 is 5.73 Å². The second kappa shape index (κ2) is 10.3. The van der Waals surface area contributed by atoms with Crippen LogP contribution >= 0.6 is 7.82 Å². The van der Waals surface area contributed by atoms with E-state index in [1.807, 2.05) is 0 Å². The molecule has 0 aliphatic rings. The van der Waals surface area contributed by atoms with Crippen molar-refractivity contribution in [2.75, 3.05) is 6.54 Å². The average molecular weight is 315 g/mol. The highest BCUT2D eigenvalue weighted by atomic mass is 31.2. The van der Waals surface area contributed by atoms with Crippen LogP contribution in [0.15, 0.2) is 36.8 Å². The summed E-state index contributed by atoms with van der Waals surface area (Å²) in [5, 5.41) is 0. The maximum Gasteiger partial charge on any atom is 0.466 e. The highest BCUT2D eigenvalue weighted by Crippen LogP contribution is 2.25. The second-order valence-corrected chi connectivity index (χ2v) is 5.24. The molecule has 0 spiro atoms. The minimum absolute atomic E-state index is 0.683. The van der Waals surface area contributed by atoms with Crippen molar-refractivity contribution >= 4 is 7.82 Å². The van der Waals surface area contributed by atoms with E-state index in [4.69, 9.17) is 25.0 Å². The first-order valence-corrected chi connectivity index (χ1v) is 7.78. The summed E-state index contributed by atoms with van der Waals surface area (Å²) in [6.07, 6.45) is 4.33. The standard InChI is InChI=1S/C8H10.C5H9N3.H3O4P/c1-7-5-3-4-6-8(7)2;6-2-1-5-3-7-4-8-5;1-5(2,3)4/h3-6H,1-2H3;3-4H,1-2,6H2,(H,7,8);(H3,1,2,3,4). The molecule has 1 heterocycles. The molecule has 1 aromatic carbocycles. The van der Waals surface area contributed by atoms with Crippen LogP contribution in [-0.4, -0.2) is 31.2 Å². The number of aromatic amines is 1. The summed E-state index contributed by atoms with van der Waals surface area (Å²) in [4.78, 5) is 28.3. The van der Waals surface area contributed by atoms with Gasteiger partial charge < -0.3 is 25.4 Å². The number of rotatable bonds is 2. The van der Waals surface area contributed by atoms with Gasteiger partial charge in [-0.25, -0.2) is 9.55 Å². The van der Waals surface area contributed by atoms with Gasteiger partial charge >= 0.3 is 7.82 Å². The van der Waals surface area contributed by atoms with Gasteiger partial charge in [-0.1, -0.05) is 24.3 Å². The normalized spacial score (nSPS) is 10.0. The van der Waals surface area contributed by atoms with Gasteiger partial charge in [0.1, 0.15) is 0 Å². The molecule has 0 aliphatic heterocycles. The SMILES string of the molecule is Cc1ccccc1C.NCCc1cnc[nH]1.O=P(O)(O)O. The second-order valence-electron chi connectivity index (χ2n) is 4.21. The summed E-state index contributed by atoms with van der Waals surface area (Å²) in [7, 11) is -4.64. The molecule has 8 heteroatoms. The fraction of sp³-hybridized carbons (Fsp3) is 0.308. The first-order chi connectivity index (χ1) is 9.74. The van der Waals surface area contributed by atoms with Crippen molar-refractivity contribution in [2.24, 2.45) is 5.73 Å². The molecule has 2 aromatic rings. The molecule has 0 fully saturated rings. The van der Waals surface area contributed by atoms with Gasteiger partial charge in [0.05, 0.1) is 6.33 Å². The molecule has 21 heavy (non-hydrogen) atoms. The molecule has 0 atom stereocenters. The molecular weight excluding hydrogens is 293 g/mol. The largest absolute Gasteiger partial charge is 0.466 e. The van der Waals surface area contributed by atoms with E-state index in [2.05, 4.69) is 48.1 Å². The van der Waals surface area contributed by atoms with E-state index < -0.39 is 7.82 Å². The number of aromatic nitrogens is 2. The van der Waals surface area contributed by atoms with Gasteiger partial charge in [-0.2, -0.15) is 0 Å². The molecule has 2 rings (SSSR count). The number of hydrogen-bond acceptors (Lipinski definition) is 3. The Balaban J connectivity index is 0.000000296. The molecule has 0 aliphatic carbocycles. The minimum atomic E-state index is -4.64. The number of benzene rings is 1. The molecule has 118 valence electrons. The zero-order valence-corrected chi connectivity index (χ0v) is 13.0. The number of aryl methyl sites for hydroxylation is 2. The van der Waals surface area contributed by atoms with Crippen molar-refractivity contribution in [3.63, 3.8) is 0 Å². The molecule has 7 nitrogen and oxygen atoms in total. The van der Waals surface area contributed by atoms with Crippen LogP contribution in [0.3, 0.4) is 0 Å². The van der Waals surface area contributed by atoms with E-state index in [-0.39, 0.29) is 0 Å². The van der Waals surface area contributed by atoms with Gasteiger partial charge in [0.15, 0.2) is 0 Å². The maximum absolute atomic E-state index is 8.88. The Morgan fingerprint density at radius 2 is 1.67 bits per heavy atom. The summed E-state index contributed by atoms with van der Waals surface area (Å²) in [6.45, 7) is 4.92. The van der Waals surface area contributed by atoms with E-state index in [9.17, 15) is 0 Å². The maximum atomic E-state index is 8.88. The van der Waals surface area contributed by atoms with Crippen molar-refractivity contribution in [3.8, 4) is 0 Å². The van der Waals surface area contributed by atoms with Gasteiger partial charge in [-0.3, -0.25) is 0 Å². The third-order valence-electron chi connectivity index (χ3n) is 2.39. The predicted octanol–water partition coefficient (Wildman–Crippen LogP) is 1.29. The Hall–Kier alpha value is -1.50. The topological polar surface area (TPSA) is 132 Å². The molecule has 0 radical (unpaired) electrons. The van der Waals surface area contributed by atoms with Gasteiger partial charge in [0.2, 0.25) is 0 Å². The lowest BCUT2D eigenvalue weighted by molar-refractivity contribution is 0.275. The van der Waals surface area contributed by atoms with E-state index >= 15 is 0 Å². The van der Waals surface area contributed by atoms with Crippen molar-refractivity contribution in [1.82, 2.24) is 9.97 Å². The number of H-pyrrole nitrogens is 1. The molecule has 0 unspecified atom stereocenters. The fourth-order valence-corrected chi connectivity index (χ4v) is 1.24. The summed E-state index contributed by atoms with van der Waals surface area (Å²) < 4.78 is 8.88. The van der Waals surface area contributed by atoms with E-state index in [0.717, 1.165) is 12.1 Å². The smallest absolute Gasteiger partial charge is 0.348 e. The van der Waals surface area contributed by atoms with Gasteiger partial charge in [0, 0.05) is 18.3 Å². The van der Waals surface area contributed by atoms with Crippen molar-refractivity contribution < 1.29 is 19.2 Å². The van der Waals surface area contributed by atoms with Gasteiger partial charge in [0.25, 0.3) is 0 Å². The molecule has 0 bridgehead atoms. The lowest BCUT2D eigenvalue weighted by atomic mass is 10.1.